The lowest BCUT2D eigenvalue weighted by Crippen LogP contribution is -2.53. The second-order valence-corrected chi connectivity index (χ2v) is 18.3. The third kappa shape index (κ3) is 9.09. The second kappa shape index (κ2) is 18.9. The van der Waals surface area contributed by atoms with Gasteiger partial charge in [0.2, 0.25) is 0 Å². The molecule has 6 fully saturated rings. The SMILES string of the molecule is CCC(=O)c1ccc2c(c1)[C@@H](c1ccc(F)cc1)N(C(=O)O[C@@H]1CN3CCC1CC3)CC2.CCC(=O)c1ccc2c(c1)[C@H](c1ccc(F)cc1)N(C(=O)O[C@@H]1CN3CCC1CC3)CC2. The van der Waals surface area contributed by atoms with E-state index >= 15 is 0 Å². The van der Waals surface area contributed by atoms with Crippen LogP contribution in [0.15, 0.2) is 84.9 Å². The number of hydrogen-bond acceptors (Lipinski definition) is 8. The molecular formula is C52H58F2N4O6. The Hall–Kier alpha value is -5.46. The second-order valence-electron chi connectivity index (χ2n) is 18.3. The van der Waals surface area contributed by atoms with Gasteiger partial charge in [-0.15, -0.1) is 0 Å². The smallest absolute Gasteiger partial charge is 0.410 e. The minimum atomic E-state index is -0.405. The van der Waals surface area contributed by atoms with Crippen LogP contribution in [0.5, 0.6) is 0 Å². The van der Waals surface area contributed by atoms with Gasteiger partial charge < -0.3 is 9.47 Å². The molecule has 4 aromatic carbocycles. The van der Waals surface area contributed by atoms with Gasteiger partial charge in [-0.2, -0.15) is 0 Å². The van der Waals surface area contributed by atoms with Gasteiger partial charge in [-0.1, -0.05) is 62.4 Å². The first kappa shape index (κ1) is 43.8. The first-order valence-corrected chi connectivity index (χ1v) is 23.3. The fourth-order valence-electron chi connectivity index (χ4n) is 10.9. The third-order valence-corrected chi connectivity index (χ3v) is 14.6. The Labute approximate surface area is 374 Å². The summed E-state index contributed by atoms with van der Waals surface area (Å²) in [5.41, 5.74) is 6.99. The number of benzene rings is 4. The number of piperidine rings is 6. The van der Waals surface area contributed by atoms with E-state index in [9.17, 15) is 28.0 Å². The third-order valence-electron chi connectivity index (χ3n) is 14.6. The van der Waals surface area contributed by atoms with E-state index in [0.717, 1.165) is 98.3 Å². The van der Waals surface area contributed by atoms with Gasteiger partial charge in [-0.05, 0) is 146 Å². The highest BCUT2D eigenvalue weighted by Crippen LogP contribution is 2.40. The number of hydrogen-bond donors (Lipinski definition) is 0. The highest BCUT2D eigenvalue weighted by atomic mass is 19.1. The number of fused-ring (bicyclic) bond motifs is 8. The molecule has 12 rings (SSSR count). The molecule has 0 spiro atoms. The van der Waals surface area contributed by atoms with E-state index in [1.807, 2.05) is 50.2 Å². The van der Waals surface area contributed by atoms with Crippen LogP contribution in [0, 0.1) is 23.5 Å². The van der Waals surface area contributed by atoms with Crippen molar-refractivity contribution in [1.29, 1.82) is 0 Å². The molecule has 0 saturated carbocycles. The van der Waals surface area contributed by atoms with Crippen LogP contribution in [0.2, 0.25) is 0 Å². The molecule has 0 aromatic heterocycles. The number of carbonyl (C=O) groups is 4. The summed E-state index contributed by atoms with van der Waals surface area (Å²) in [5, 5.41) is 0. The van der Waals surface area contributed by atoms with Crippen molar-refractivity contribution < 1.29 is 37.4 Å². The first-order chi connectivity index (χ1) is 31.1. The molecule has 10 nitrogen and oxygen atoms in total. The summed E-state index contributed by atoms with van der Waals surface area (Å²) >= 11 is 0. The Morgan fingerprint density at radius 2 is 0.906 bits per heavy atom. The summed E-state index contributed by atoms with van der Waals surface area (Å²) in [5.74, 6) is 0.357. The molecular weight excluding hydrogens is 815 g/mol. The van der Waals surface area contributed by atoms with E-state index in [-0.39, 0.29) is 47.6 Å². The number of Topliss-reactive ketones (excluding diaryl/α,β-unsaturated/α-hetero) is 2. The quantitative estimate of drug-likeness (QED) is 0.162. The molecule has 0 unspecified atom stereocenters. The summed E-state index contributed by atoms with van der Waals surface area (Å²) in [6.45, 7) is 10.7. The van der Waals surface area contributed by atoms with E-state index < -0.39 is 12.1 Å². The van der Waals surface area contributed by atoms with Crippen LogP contribution in [-0.2, 0) is 22.3 Å². The molecule has 12 heteroatoms. The molecule has 4 bridgehead atoms. The predicted molar refractivity (Wildman–Crippen MR) is 238 cm³/mol. The maximum Gasteiger partial charge on any atom is 0.410 e. The molecule has 8 aliphatic heterocycles. The molecule has 6 saturated heterocycles. The van der Waals surface area contributed by atoms with Crippen LogP contribution in [-0.4, -0.2) is 108 Å². The molecule has 4 aromatic rings. The van der Waals surface area contributed by atoms with Crippen molar-refractivity contribution >= 4 is 23.8 Å². The molecule has 0 N–H and O–H groups in total. The number of ether oxygens (including phenoxy) is 2. The van der Waals surface area contributed by atoms with Crippen molar-refractivity contribution in [3.63, 3.8) is 0 Å². The summed E-state index contributed by atoms with van der Waals surface area (Å²) in [6, 6.07) is 23.3. The largest absolute Gasteiger partial charge is 0.444 e. The van der Waals surface area contributed by atoms with Crippen molar-refractivity contribution in [1.82, 2.24) is 19.6 Å². The first-order valence-electron chi connectivity index (χ1n) is 23.3. The maximum atomic E-state index is 13.7. The number of halogens is 2. The van der Waals surface area contributed by atoms with Crippen molar-refractivity contribution in [3.05, 3.63) is 141 Å². The standard InChI is InChI=1S/2C26H29FN2O3/c2*1-2-23(30)20-4-3-17-11-14-29(25(22(17)15-20)19-5-7-21(27)8-6-19)26(31)32-24-16-28-12-9-18(24)10-13-28/h2*3-8,15,18,24-25H,2,9-14,16H2,1H3/t24-,25+;24-,25-/m11/s1. The Balaban J connectivity index is 0.000000162. The topological polar surface area (TPSA) is 99.7 Å². The zero-order chi connectivity index (χ0) is 44.5. The van der Waals surface area contributed by atoms with E-state index in [1.54, 1.807) is 34.1 Å². The van der Waals surface area contributed by atoms with Crippen molar-refractivity contribution in [3.8, 4) is 0 Å². The highest BCUT2D eigenvalue weighted by Gasteiger charge is 2.42. The average Bonchev–Trinajstić information content (AvgIpc) is 3.34. The van der Waals surface area contributed by atoms with Crippen LogP contribution in [0.3, 0.4) is 0 Å². The van der Waals surface area contributed by atoms with E-state index in [0.29, 0.717) is 61.7 Å². The summed E-state index contributed by atoms with van der Waals surface area (Å²) in [7, 11) is 0. The summed E-state index contributed by atoms with van der Waals surface area (Å²) < 4.78 is 39.4. The molecule has 0 radical (unpaired) electrons. The van der Waals surface area contributed by atoms with Crippen molar-refractivity contribution in [2.24, 2.45) is 11.8 Å². The van der Waals surface area contributed by atoms with Crippen molar-refractivity contribution in [2.75, 3.05) is 52.4 Å². The lowest BCUT2D eigenvalue weighted by molar-refractivity contribution is -0.0465. The number of rotatable bonds is 8. The number of amides is 2. The van der Waals surface area contributed by atoms with Crippen LogP contribution in [0.1, 0.15) is 119 Å². The molecule has 336 valence electrons. The Kier molecular flexibility index (Phi) is 13.0. The van der Waals surface area contributed by atoms with Gasteiger partial charge in [0.15, 0.2) is 11.6 Å². The van der Waals surface area contributed by atoms with Gasteiger partial charge >= 0.3 is 12.2 Å². The zero-order valence-corrected chi connectivity index (χ0v) is 36.9. The van der Waals surface area contributed by atoms with Gasteiger partial charge in [0.25, 0.3) is 0 Å². The lowest BCUT2D eigenvalue weighted by atomic mass is 9.85. The van der Waals surface area contributed by atoms with Gasteiger partial charge in [0.05, 0.1) is 12.1 Å². The van der Waals surface area contributed by atoms with Gasteiger partial charge in [-0.25, -0.2) is 18.4 Å². The van der Waals surface area contributed by atoms with Gasteiger partial charge in [-0.3, -0.25) is 29.2 Å². The fourth-order valence-corrected chi connectivity index (χ4v) is 10.9. The maximum absolute atomic E-state index is 13.7. The molecule has 8 aliphatic rings. The zero-order valence-electron chi connectivity index (χ0n) is 36.9. The van der Waals surface area contributed by atoms with E-state index in [2.05, 4.69) is 9.80 Å². The number of ketones is 2. The van der Waals surface area contributed by atoms with Gasteiger partial charge in [0.1, 0.15) is 23.8 Å². The summed E-state index contributed by atoms with van der Waals surface area (Å²) in [4.78, 5) is 59.8. The monoisotopic (exact) mass is 872 g/mol. The Morgan fingerprint density at radius 1 is 0.531 bits per heavy atom. The van der Waals surface area contributed by atoms with E-state index in [4.69, 9.17) is 9.47 Å². The van der Waals surface area contributed by atoms with Gasteiger partial charge in [0, 0.05) is 50.1 Å². The van der Waals surface area contributed by atoms with Crippen LogP contribution in [0.25, 0.3) is 0 Å². The molecule has 64 heavy (non-hydrogen) atoms. The molecule has 2 amide bonds. The minimum Gasteiger partial charge on any atom is -0.444 e. The Bertz CT molecular complexity index is 2190. The van der Waals surface area contributed by atoms with Crippen LogP contribution in [0.4, 0.5) is 18.4 Å². The number of nitrogens with zero attached hydrogens (tertiary/aromatic N) is 4. The van der Waals surface area contributed by atoms with E-state index in [1.165, 1.54) is 24.3 Å². The van der Waals surface area contributed by atoms with Crippen molar-refractivity contribution in [2.45, 2.75) is 89.5 Å². The minimum absolute atomic E-state index is 0.0673. The Morgan fingerprint density at radius 3 is 1.23 bits per heavy atom. The van der Waals surface area contributed by atoms with Crippen LogP contribution < -0.4 is 0 Å². The predicted octanol–water partition coefficient (Wildman–Crippen LogP) is 9.19. The lowest BCUT2D eigenvalue weighted by Gasteiger charge is -2.45. The molecule has 4 atom stereocenters. The fraction of sp³-hybridized carbons (Fsp3) is 0.462. The highest BCUT2D eigenvalue weighted by molar-refractivity contribution is 5.96. The molecule has 8 heterocycles. The molecule has 0 aliphatic carbocycles. The number of carbonyl (C=O) groups excluding carboxylic acids is 4. The normalized spacial score (nSPS) is 26.5. The average molecular weight is 873 g/mol. The van der Waals surface area contributed by atoms with Crippen LogP contribution >= 0.6 is 0 Å². The summed E-state index contributed by atoms with van der Waals surface area (Å²) in [6.07, 6.45) is 5.74.